The van der Waals surface area contributed by atoms with Crippen molar-refractivity contribution in [2.75, 3.05) is 19.6 Å². The van der Waals surface area contributed by atoms with Crippen LogP contribution < -0.4 is 5.32 Å². The lowest BCUT2D eigenvalue weighted by molar-refractivity contribution is 0.155. The molecule has 0 spiro atoms. The molecular weight excluding hydrogens is 184 g/mol. The molecule has 2 nitrogen and oxygen atoms in total. The molecule has 1 saturated carbocycles. The van der Waals surface area contributed by atoms with Crippen LogP contribution in [0.3, 0.4) is 0 Å². The highest BCUT2D eigenvalue weighted by atomic mass is 15.2. The van der Waals surface area contributed by atoms with E-state index >= 15 is 0 Å². The van der Waals surface area contributed by atoms with Gasteiger partial charge in [-0.3, -0.25) is 0 Å². The molecule has 1 aliphatic heterocycles. The van der Waals surface area contributed by atoms with E-state index in [-0.39, 0.29) is 0 Å². The van der Waals surface area contributed by atoms with Gasteiger partial charge in [0.25, 0.3) is 0 Å². The molecule has 0 unspecified atom stereocenters. The molecule has 1 saturated heterocycles. The van der Waals surface area contributed by atoms with Gasteiger partial charge in [0.05, 0.1) is 0 Å². The minimum Gasteiger partial charge on any atom is -0.314 e. The first-order valence-electron chi connectivity index (χ1n) is 6.73. The Labute approximate surface area is 94.4 Å². The maximum atomic E-state index is 3.76. The topological polar surface area (TPSA) is 15.3 Å². The van der Waals surface area contributed by atoms with E-state index in [0.29, 0.717) is 0 Å². The van der Waals surface area contributed by atoms with Gasteiger partial charge in [0.2, 0.25) is 0 Å². The Bertz CT molecular complexity index is 179. The molecule has 0 aromatic heterocycles. The van der Waals surface area contributed by atoms with Crippen molar-refractivity contribution in [3.63, 3.8) is 0 Å². The number of hydrogen-bond acceptors (Lipinski definition) is 2. The predicted octanol–water partition coefficient (Wildman–Crippen LogP) is 2.25. The lowest BCUT2D eigenvalue weighted by Crippen LogP contribution is -2.46. The molecule has 0 atom stereocenters. The van der Waals surface area contributed by atoms with E-state index in [0.717, 1.165) is 18.0 Å². The van der Waals surface area contributed by atoms with E-state index in [2.05, 4.69) is 24.1 Å². The second-order valence-electron chi connectivity index (χ2n) is 5.61. The molecule has 0 aromatic carbocycles. The van der Waals surface area contributed by atoms with Crippen LogP contribution in [-0.4, -0.2) is 36.6 Å². The molecule has 0 aromatic rings. The number of likely N-dealkylation sites (tertiary alicyclic amines) is 1. The second kappa shape index (κ2) is 5.31. The van der Waals surface area contributed by atoms with Crippen molar-refractivity contribution in [1.29, 1.82) is 0 Å². The number of nitrogens with one attached hydrogen (secondary N) is 1. The van der Waals surface area contributed by atoms with Crippen molar-refractivity contribution in [2.45, 2.75) is 58.0 Å². The monoisotopic (exact) mass is 210 g/mol. The summed E-state index contributed by atoms with van der Waals surface area (Å²) in [5.74, 6) is 1.01. The molecule has 0 amide bonds. The van der Waals surface area contributed by atoms with Crippen LogP contribution in [0.2, 0.25) is 0 Å². The highest BCUT2D eigenvalue weighted by Crippen LogP contribution is 2.25. The average molecular weight is 210 g/mol. The highest BCUT2D eigenvalue weighted by Gasteiger charge is 2.22. The molecule has 1 aliphatic carbocycles. The van der Waals surface area contributed by atoms with Gasteiger partial charge in [0.1, 0.15) is 0 Å². The third-order valence-corrected chi connectivity index (χ3v) is 4.18. The average Bonchev–Trinajstić information content (AvgIpc) is 2.16. The zero-order valence-electron chi connectivity index (χ0n) is 10.3. The molecule has 88 valence electrons. The summed E-state index contributed by atoms with van der Waals surface area (Å²) in [5.41, 5.74) is 0. The van der Waals surface area contributed by atoms with Gasteiger partial charge in [-0.1, -0.05) is 6.42 Å². The van der Waals surface area contributed by atoms with Gasteiger partial charge >= 0.3 is 0 Å². The lowest BCUT2D eigenvalue weighted by atomic mass is 9.85. The summed E-state index contributed by atoms with van der Waals surface area (Å²) >= 11 is 0. The van der Waals surface area contributed by atoms with Gasteiger partial charge in [-0.15, -0.1) is 0 Å². The second-order valence-corrected chi connectivity index (χ2v) is 5.61. The Balaban J connectivity index is 1.60. The van der Waals surface area contributed by atoms with E-state index in [1.165, 1.54) is 51.7 Å². The standard InChI is InChI=1S/C13H26N2/c1-11(2)15-8-6-13(7-9-15)14-10-12-4-3-5-12/h11-14H,3-10H2,1-2H3. The van der Waals surface area contributed by atoms with Crippen LogP contribution >= 0.6 is 0 Å². The minimum atomic E-state index is 0.734. The van der Waals surface area contributed by atoms with Crippen LogP contribution in [0.4, 0.5) is 0 Å². The zero-order valence-corrected chi connectivity index (χ0v) is 10.3. The van der Waals surface area contributed by atoms with E-state index in [1.807, 2.05) is 0 Å². The first-order valence-corrected chi connectivity index (χ1v) is 6.73. The van der Waals surface area contributed by atoms with E-state index in [1.54, 1.807) is 0 Å². The third kappa shape index (κ3) is 3.18. The molecule has 15 heavy (non-hydrogen) atoms. The smallest absolute Gasteiger partial charge is 0.00915 e. The van der Waals surface area contributed by atoms with Gasteiger partial charge in [0, 0.05) is 12.1 Å². The minimum absolute atomic E-state index is 0.734. The quantitative estimate of drug-likeness (QED) is 0.765. The molecule has 2 heteroatoms. The predicted molar refractivity (Wildman–Crippen MR) is 65.1 cm³/mol. The van der Waals surface area contributed by atoms with E-state index < -0.39 is 0 Å². The van der Waals surface area contributed by atoms with Crippen molar-refractivity contribution in [3.8, 4) is 0 Å². The van der Waals surface area contributed by atoms with Gasteiger partial charge < -0.3 is 10.2 Å². The number of rotatable bonds is 4. The van der Waals surface area contributed by atoms with Crippen LogP contribution in [0.15, 0.2) is 0 Å². The molecule has 2 rings (SSSR count). The SMILES string of the molecule is CC(C)N1CCC(NCC2CCC2)CC1. The molecule has 0 radical (unpaired) electrons. The van der Waals surface area contributed by atoms with Gasteiger partial charge in [-0.05, 0) is 65.1 Å². The zero-order chi connectivity index (χ0) is 10.7. The molecule has 2 aliphatic rings. The molecule has 1 heterocycles. The van der Waals surface area contributed by atoms with Crippen molar-refractivity contribution in [2.24, 2.45) is 5.92 Å². The highest BCUT2D eigenvalue weighted by molar-refractivity contribution is 4.81. The van der Waals surface area contributed by atoms with Crippen molar-refractivity contribution in [3.05, 3.63) is 0 Å². The van der Waals surface area contributed by atoms with Crippen LogP contribution in [0.25, 0.3) is 0 Å². The van der Waals surface area contributed by atoms with Crippen LogP contribution in [0, 0.1) is 5.92 Å². The summed E-state index contributed by atoms with van der Waals surface area (Å²) in [7, 11) is 0. The van der Waals surface area contributed by atoms with E-state index in [4.69, 9.17) is 0 Å². The number of nitrogens with zero attached hydrogens (tertiary/aromatic N) is 1. The van der Waals surface area contributed by atoms with Crippen LogP contribution in [-0.2, 0) is 0 Å². The number of piperidine rings is 1. The Kier molecular flexibility index (Phi) is 4.04. The van der Waals surface area contributed by atoms with Crippen molar-refractivity contribution >= 4 is 0 Å². The molecule has 0 bridgehead atoms. The third-order valence-electron chi connectivity index (χ3n) is 4.18. The fourth-order valence-corrected chi connectivity index (χ4v) is 2.65. The van der Waals surface area contributed by atoms with Gasteiger partial charge in [-0.2, -0.15) is 0 Å². The summed E-state index contributed by atoms with van der Waals surface area (Å²) in [6, 6.07) is 1.54. The Morgan fingerprint density at radius 1 is 1.13 bits per heavy atom. The first kappa shape index (κ1) is 11.4. The normalized spacial score (nSPS) is 25.8. The molecular formula is C13H26N2. The summed E-state index contributed by atoms with van der Waals surface area (Å²) in [4.78, 5) is 2.60. The van der Waals surface area contributed by atoms with Crippen molar-refractivity contribution < 1.29 is 0 Å². The van der Waals surface area contributed by atoms with Crippen molar-refractivity contribution in [1.82, 2.24) is 10.2 Å². The largest absolute Gasteiger partial charge is 0.314 e. The maximum Gasteiger partial charge on any atom is 0.00915 e. The lowest BCUT2D eigenvalue weighted by Gasteiger charge is -2.36. The maximum absolute atomic E-state index is 3.76. The van der Waals surface area contributed by atoms with Crippen LogP contribution in [0.1, 0.15) is 46.0 Å². The van der Waals surface area contributed by atoms with Gasteiger partial charge in [0.15, 0.2) is 0 Å². The summed E-state index contributed by atoms with van der Waals surface area (Å²) < 4.78 is 0. The summed E-state index contributed by atoms with van der Waals surface area (Å²) in [6.07, 6.45) is 7.11. The van der Waals surface area contributed by atoms with Crippen LogP contribution in [0.5, 0.6) is 0 Å². The number of hydrogen-bond donors (Lipinski definition) is 1. The van der Waals surface area contributed by atoms with Gasteiger partial charge in [-0.25, -0.2) is 0 Å². The summed E-state index contributed by atoms with van der Waals surface area (Å²) in [6.45, 7) is 8.48. The Hall–Kier alpha value is -0.0800. The first-order chi connectivity index (χ1) is 7.25. The Morgan fingerprint density at radius 3 is 2.27 bits per heavy atom. The fourth-order valence-electron chi connectivity index (χ4n) is 2.65. The Morgan fingerprint density at radius 2 is 1.80 bits per heavy atom. The molecule has 2 fully saturated rings. The fraction of sp³-hybridized carbons (Fsp3) is 1.00. The van der Waals surface area contributed by atoms with E-state index in [9.17, 15) is 0 Å². The summed E-state index contributed by atoms with van der Waals surface area (Å²) in [5, 5.41) is 3.76. The molecule has 1 N–H and O–H groups in total.